The van der Waals surface area contributed by atoms with Crippen molar-refractivity contribution in [3.8, 4) is 0 Å². The number of aryl methyl sites for hydroxylation is 1. The molecule has 20 heavy (non-hydrogen) atoms. The van der Waals surface area contributed by atoms with Gasteiger partial charge in [-0.15, -0.1) is 0 Å². The van der Waals surface area contributed by atoms with Gasteiger partial charge in [0.2, 0.25) is 0 Å². The third kappa shape index (κ3) is 3.58. The molecule has 0 fully saturated rings. The van der Waals surface area contributed by atoms with Gasteiger partial charge in [-0.2, -0.15) is 0 Å². The number of rotatable bonds is 8. The molecule has 0 atom stereocenters. The minimum Gasteiger partial charge on any atom is -0.318 e. The summed E-state index contributed by atoms with van der Waals surface area (Å²) in [6, 6.07) is 8.84. The number of likely N-dealkylation sites (N-methyl/N-ethyl adjacent to an activating group) is 2. The topological polar surface area (TPSA) is 48.1 Å². The third-order valence-corrected chi connectivity index (χ3v) is 4.08. The van der Waals surface area contributed by atoms with Crippen LogP contribution in [0, 0.1) is 0 Å². The van der Waals surface area contributed by atoms with Gasteiger partial charge < -0.3 is 10.6 Å². The Morgan fingerprint density at radius 2 is 1.60 bits per heavy atom. The normalized spacial score (nSPS) is 16.9. The van der Waals surface area contributed by atoms with Crippen LogP contribution in [0.2, 0.25) is 0 Å². The fraction of sp³-hybridized carbons (Fsp3) is 0.625. The predicted octanol–water partition coefficient (Wildman–Crippen LogP) is 0.794. The molecule has 0 aromatic heterocycles. The molecule has 1 aliphatic carbocycles. The summed E-state index contributed by atoms with van der Waals surface area (Å²) < 4.78 is 0. The highest BCUT2D eigenvalue weighted by Crippen LogP contribution is 2.33. The Morgan fingerprint density at radius 3 is 2.25 bits per heavy atom. The van der Waals surface area contributed by atoms with Crippen molar-refractivity contribution in [3.05, 3.63) is 35.4 Å². The molecule has 1 aromatic rings. The van der Waals surface area contributed by atoms with Crippen LogP contribution in [-0.4, -0.2) is 40.3 Å². The van der Waals surface area contributed by atoms with Gasteiger partial charge in [-0.1, -0.05) is 24.3 Å². The molecule has 0 aliphatic heterocycles. The molecule has 2 rings (SSSR count). The Labute approximate surface area is 122 Å². The second-order valence-corrected chi connectivity index (χ2v) is 5.48. The molecule has 0 spiro atoms. The zero-order chi connectivity index (χ0) is 14.3. The third-order valence-electron chi connectivity index (χ3n) is 4.08. The van der Waals surface area contributed by atoms with Gasteiger partial charge >= 0.3 is 0 Å². The first-order valence-corrected chi connectivity index (χ1v) is 7.70. The van der Waals surface area contributed by atoms with Crippen LogP contribution in [0.25, 0.3) is 0 Å². The Morgan fingerprint density at radius 1 is 0.950 bits per heavy atom. The van der Waals surface area contributed by atoms with Gasteiger partial charge in [-0.05, 0) is 44.5 Å². The Bertz CT molecular complexity index is 395. The maximum absolute atomic E-state index is 3.75. The smallest absolute Gasteiger partial charge is 0.0953 e. The van der Waals surface area contributed by atoms with Crippen molar-refractivity contribution in [2.45, 2.75) is 24.9 Å². The molecule has 0 saturated carbocycles. The number of nitrogens with one attached hydrogen (secondary N) is 4. The van der Waals surface area contributed by atoms with Crippen molar-refractivity contribution in [3.63, 3.8) is 0 Å². The van der Waals surface area contributed by atoms with E-state index < -0.39 is 0 Å². The number of fused-ring (bicyclic) bond motifs is 1. The first-order valence-electron chi connectivity index (χ1n) is 7.70. The molecule has 0 radical (unpaired) electrons. The molecule has 0 heterocycles. The summed E-state index contributed by atoms with van der Waals surface area (Å²) in [6.07, 6.45) is 3.58. The second-order valence-electron chi connectivity index (χ2n) is 5.48. The lowest BCUT2D eigenvalue weighted by atomic mass is 9.82. The number of hydrogen-bond donors (Lipinski definition) is 4. The van der Waals surface area contributed by atoms with Crippen LogP contribution in [0.5, 0.6) is 0 Å². The van der Waals surface area contributed by atoms with E-state index >= 15 is 0 Å². The summed E-state index contributed by atoms with van der Waals surface area (Å²) in [5, 5.41) is 13.9. The van der Waals surface area contributed by atoms with Gasteiger partial charge in [0.25, 0.3) is 0 Å². The lowest BCUT2D eigenvalue weighted by Gasteiger charge is -2.41. The first kappa shape index (κ1) is 15.4. The van der Waals surface area contributed by atoms with Crippen molar-refractivity contribution in [2.24, 2.45) is 0 Å². The fourth-order valence-electron chi connectivity index (χ4n) is 3.06. The van der Waals surface area contributed by atoms with Crippen LogP contribution in [-0.2, 0) is 12.1 Å². The monoisotopic (exact) mass is 276 g/mol. The molecular formula is C16H28N4. The van der Waals surface area contributed by atoms with E-state index in [1.807, 2.05) is 14.1 Å². The van der Waals surface area contributed by atoms with Crippen molar-refractivity contribution in [2.75, 3.05) is 40.3 Å². The predicted molar refractivity (Wildman–Crippen MR) is 84.9 cm³/mol. The van der Waals surface area contributed by atoms with Crippen molar-refractivity contribution >= 4 is 0 Å². The standard InChI is InChI=1S/C16H28N4/c1-17-10-12-19-16(20-13-11-18-2)9-5-7-14-6-3-4-8-15(14)16/h3-4,6,8,17-20H,5,7,9-13H2,1-2H3. The van der Waals surface area contributed by atoms with Gasteiger partial charge in [0.15, 0.2) is 0 Å². The van der Waals surface area contributed by atoms with E-state index in [0.717, 1.165) is 32.6 Å². The summed E-state index contributed by atoms with van der Waals surface area (Å²) in [5.41, 5.74) is 2.84. The highest BCUT2D eigenvalue weighted by atomic mass is 15.2. The Kier molecular flexibility index (Phi) is 5.98. The lowest BCUT2D eigenvalue weighted by molar-refractivity contribution is 0.223. The van der Waals surface area contributed by atoms with E-state index in [2.05, 4.69) is 45.5 Å². The Hall–Kier alpha value is -0.940. The number of benzene rings is 1. The minimum atomic E-state index is -0.0669. The van der Waals surface area contributed by atoms with E-state index in [-0.39, 0.29) is 5.66 Å². The van der Waals surface area contributed by atoms with Gasteiger partial charge in [0.1, 0.15) is 0 Å². The van der Waals surface area contributed by atoms with Crippen molar-refractivity contribution in [1.29, 1.82) is 0 Å². The average Bonchev–Trinajstić information content (AvgIpc) is 2.48. The van der Waals surface area contributed by atoms with E-state index in [9.17, 15) is 0 Å². The molecule has 4 nitrogen and oxygen atoms in total. The van der Waals surface area contributed by atoms with Crippen LogP contribution >= 0.6 is 0 Å². The highest BCUT2D eigenvalue weighted by molar-refractivity contribution is 5.35. The van der Waals surface area contributed by atoms with Gasteiger partial charge in [-0.3, -0.25) is 10.6 Å². The van der Waals surface area contributed by atoms with Crippen LogP contribution in [0.4, 0.5) is 0 Å². The molecule has 4 heteroatoms. The lowest BCUT2D eigenvalue weighted by Crippen LogP contribution is -2.58. The van der Waals surface area contributed by atoms with E-state index in [0.29, 0.717) is 0 Å². The maximum Gasteiger partial charge on any atom is 0.0953 e. The van der Waals surface area contributed by atoms with Crippen LogP contribution in [0.15, 0.2) is 24.3 Å². The number of hydrogen-bond acceptors (Lipinski definition) is 4. The van der Waals surface area contributed by atoms with E-state index in [1.54, 1.807) is 0 Å². The quantitative estimate of drug-likeness (QED) is 0.419. The average molecular weight is 276 g/mol. The molecule has 0 bridgehead atoms. The zero-order valence-corrected chi connectivity index (χ0v) is 12.8. The molecule has 0 saturated heterocycles. The van der Waals surface area contributed by atoms with Crippen molar-refractivity contribution in [1.82, 2.24) is 21.3 Å². The molecule has 112 valence electrons. The molecule has 4 N–H and O–H groups in total. The van der Waals surface area contributed by atoms with E-state index in [1.165, 1.54) is 24.0 Å². The van der Waals surface area contributed by atoms with Crippen LogP contribution < -0.4 is 21.3 Å². The fourth-order valence-corrected chi connectivity index (χ4v) is 3.06. The zero-order valence-electron chi connectivity index (χ0n) is 12.8. The largest absolute Gasteiger partial charge is 0.318 e. The Balaban J connectivity index is 2.17. The summed E-state index contributed by atoms with van der Waals surface area (Å²) >= 11 is 0. The minimum absolute atomic E-state index is 0.0669. The highest BCUT2D eigenvalue weighted by Gasteiger charge is 2.34. The summed E-state index contributed by atoms with van der Waals surface area (Å²) in [6.45, 7) is 3.91. The first-order chi connectivity index (χ1) is 9.82. The summed E-state index contributed by atoms with van der Waals surface area (Å²) in [4.78, 5) is 0. The van der Waals surface area contributed by atoms with E-state index in [4.69, 9.17) is 0 Å². The van der Waals surface area contributed by atoms with Crippen molar-refractivity contribution < 1.29 is 0 Å². The van der Waals surface area contributed by atoms with Gasteiger partial charge in [-0.25, -0.2) is 0 Å². The SMILES string of the molecule is CNCCNC1(NCCNC)CCCc2ccccc21. The van der Waals surface area contributed by atoms with Gasteiger partial charge in [0.05, 0.1) is 5.66 Å². The molecular weight excluding hydrogens is 248 g/mol. The molecule has 0 amide bonds. The van der Waals surface area contributed by atoms with Crippen LogP contribution in [0.1, 0.15) is 24.0 Å². The molecule has 0 unspecified atom stereocenters. The maximum atomic E-state index is 3.75. The van der Waals surface area contributed by atoms with Crippen LogP contribution in [0.3, 0.4) is 0 Å². The summed E-state index contributed by atoms with van der Waals surface area (Å²) in [7, 11) is 4.00. The second kappa shape index (κ2) is 7.74. The van der Waals surface area contributed by atoms with Gasteiger partial charge in [0, 0.05) is 26.2 Å². The molecule has 1 aromatic carbocycles. The molecule has 1 aliphatic rings. The summed E-state index contributed by atoms with van der Waals surface area (Å²) in [5.74, 6) is 0.